The number of carbonyl (C=O) groups excluding carboxylic acids is 1. The van der Waals surface area contributed by atoms with E-state index in [1.54, 1.807) is 17.5 Å². The third-order valence-corrected chi connectivity index (χ3v) is 3.06. The van der Waals surface area contributed by atoms with Gasteiger partial charge in [0.15, 0.2) is 10.9 Å². The van der Waals surface area contributed by atoms with Crippen molar-refractivity contribution >= 4 is 22.3 Å². The van der Waals surface area contributed by atoms with Crippen molar-refractivity contribution in [3.8, 4) is 0 Å². The predicted molar refractivity (Wildman–Crippen MR) is 65.7 cm³/mol. The van der Waals surface area contributed by atoms with Crippen molar-refractivity contribution in [3.05, 3.63) is 46.2 Å². The molecule has 2 rings (SSSR count). The molecule has 0 unspecified atom stereocenters. The molecule has 1 aromatic heterocycles. The van der Waals surface area contributed by atoms with Crippen LogP contribution in [0.3, 0.4) is 0 Å². The van der Waals surface area contributed by atoms with E-state index in [1.807, 2.05) is 6.92 Å². The lowest BCUT2D eigenvalue weighted by atomic mass is 10.0. The maximum absolute atomic E-state index is 13.5. The normalized spacial score (nSPS) is 10.5. The molecule has 0 spiro atoms. The van der Waals surface area contributed by atoms with E-state index < -0.39 is 5.82 Å². The van der Waals surface area contributed by atoms with Gasteiger partial charge in [-0.25, -0.2) is 9.37 Å². The second-order valence-electron chi connectivity index (χ2n) is 3.76. The van der Waals surface area contributed by atoms with Crippen molar-refractivity contribution in [1.82, 2.24) is 4.98 Å². The van der Waals surface area contributed by atoms with E-state index >= 15 is 0 Å². The number of aryl methyl sites for hydroxylation is 1. The molecule has 0 atom stereocenters. The van der Waals surface area contributed by atoms with E-state index in [9.17, 15) is 9.18 Å². The highest BCUT2D eigenvalue weighted by atomic mass is 32.1. The van der Waals surface area contributed by atoms with Crippen molar-refractivity contribution in [2.75, 3.05) is 5.73 Å². The first kappa shape index (κ1) is 11.7. The van der Waals surface area contributed by atoms with E-state index in [0.717, 1.165) is 5.56 Å². The van der Waals surface area contributed by atoms with Gasteiger partial charge in [0, 0.05) is 5.38 Å². The van der Waals surface area contributed by atoms with E-state index in [4.69, 9.17) is 5.73 Å². The molecular formula is C12H11FN2OS. The SMILES string of the molecule is Cc1ccc(F)c(C(=O)Cc2csc(N)n2)c1. The Morgan fingerprint density at radius 1 is 1.53 bits per heavy atom. The number of hydrogen-bond acceptors (Lipinski definition) is 4. The molecule has 1 aromatic carbocycles. The number of rotatable bonds is 3. The fraction of sp³-hybridized carbons (Fsp3) is 0.167. The van der Waals surface area contributed by atoms with Crippen molar-refractivity contribution in [3.63, 3.8) is 0 Å². The molecule has 0 aliphatic heterocycles. The molecule has 2 aromatic rings. The summed E-state index contributed by atoms with van der Waals surface area (Å²) in [7, 11) is 0. The summed E-state index contributed by atoms with van der Waals surface area (Å²) in [5, 5.41) is 2.12. The maximum Gasteiger partial charge on any atom is 0.180 e. The number of nitrogens with zero attached hydrogens (tertiary/aromatic N) is 1. The molecule has 0 radical (unpaired) electrons. The zero-order valence-corrected chi connectivity index (χ0v) is 10.1. The topological polar surface area (TPSA) is 56.0 Å². The lowest BCUT2D eigenvalue weighted by Crippen LogP contribution is -2.07. The van der Waals surface area contributed by atoms with Gasteiger partial charge in [-0.15, -0.1) is 11.3 Å². The zero-order valence-electron chi connectivity index (χ0n) is 9.24. The van der Waals surface area contributed by atoms with Gasteiger partial charge in [0.1, 0.15) is 5.82 Å². The monoisotopic (exact) mass is 250 g/mol. The van der Waals surface area contributed by atoms with Crippen LogP contribution >= 0.6 is 11.3 Å². The Labute approximate surface area is 102 Å². The molecule has 1 heterocycles. The van der Waals surface area contributed by atoms with Gasteiger partial charge in [-0.3, -0.25) is 4.79 Å². The highest BCUT2D eigenvalue weighted by molar-refractivity contribution is 7.13. The average molecular weight is 250 g/mol. The molecule has 3 nitrogen and oxygen atoms in total. The second kappa shape index (κ2) is 4.63. The van der Waals surface area contributed by atoms with Gasteiger partial charge < -0.3 is 5.73 Å². The quantitative estimate of drug-likeness (QED) is 0.852. The highest BCUT2D eigenvalue weighted by Gasteiger charge is 2.13. The summed E-state index contributed by atoms with van der Waals surface area (Å²) in [6, 6.07) is 4.48. The number of ketones is 1. The molecule has 2 N–H and O–H groups in total. The highest BCUT2D eigenvalue weighted by Crippen LogP contribution is 2.16. The number of nitrogens with two attached hydrogens (primary N) is 1. The average Bonchev–Trinajstić information content (AvgIpc) is 2.67. The fourth-order valence-electron chi connectivity index (χ4n) is 1.52. The molecule has 17 heavy (non-hydrogen) atoms. The van der Waals surface area contributed by atoms with Gasteiger partial charge in [-0.05, 0) is 19.1 Å². The molecular weight excluding hydrogens is 239 g/mol. The molecule has 0 fully saturated rings. The zero-order chi connectivity index (χ0) is 12.4. The lowest BCUT2D eigenvalue weighted by Gasteiger charge is -2.02. The first-order valence-corrected chi connectivity index (χ1v) is 5.93. The Balaban J connectivity index is 2.22. The van der Waals surface area contributed by atoms with Crippen LogP contribution in [0.15, 0.2) is 23.6 Å². The van der Waals surface area contributed by atoms with Crippen LogP contribution in [0.1, 0.15) is 21.6 Å². The number of benzene rings is 1. The van der Waals surface area contributed by atoms with E-state index in [1.165, 1.54) is 17.4 Å². The number of anilines is 1. The van der Waals surface area contributed by atoms with Gasteiger partial charge in [-0.2, -0.15) is 0 Å². The van der Waals surface area contributed by atoms with Gasteiger partial charge in [0.2, 0.25) is 0 Å². The van der Waals surface area contributed by atoms with Crippen molar-refractivity contribution in [1.29, 1.82) is 0 Å². The largest absolute Gasteiger partial charge is 0.375 e. The number of Topliss-reactive ketones (excluding diaryl/α,β-unsaturated/α-hetero) is 1. The Hall–Kier alpha value is -1.75. The van der Waals surface area contributed by atoms with Crippen LogP contribution < -0.4 is 5.73 Å². The minimum absolute atomic E-state index is 0.0775. The minimum Gasteiger partial charge on any atom is -0.375 e. The van der Waals surface area contributed by atoms with E-state index in [2.05, 4.69) is 4.98 Å². The minimum atomic E-state index is -0.496. The van der Waals surface area contributed by atoms with E-state index in [0.29, 0.717) is 10.8 Å². The number of aromatic nitrogens is 1. The Morgan fingerprint density at radius 3 is 2.94 bits per heavy atom. The first-order chi connectivity index (χ1) is 8.06. The van der Waals surface area contributed by atoms with Crippen molar-refractivity contribution < 1.29 is 9.18 Å². The van der Waals surface area contributed by atoms with Gasteiger partial charge >= 0.3 is 0 Å². The second-order valence-corrected chi connectivity index (χ2v) is 4.65. The summed E-state index contributed by atoms with van der Waals surface area (Å²) in [4.78, 5) is 15.9. The number of nitrogen functional groups attached to an aromatic ring is 1. The molecule has 5 heteroatoms. The molecule has 0 bridgehead atoms. The summed E-state index contributed by atoms with van der Waals surface area (Å²) in [6.45, 7) is 1.82. The summed E-state index contributed by atoms with van der Waals surface area (Å²) in [5.74, 6) is -0.777. The van der Waals surface area contributed by atoms with E-state index in [-0.39, 0.29) is 17.8 Å². The summed E-state index contributed by atoms with van der Waals surface area (Å²) in [5.41, 5.74) is 7.01. The molecule has 0 aliphatic rings. The third kappa shape index (κ3) is 2.68. The summed E-state index contributed by atoms with van der Waals surface area (Å²) in [6.07, 6.45) is 0.0775. The van der Waals surface area contributed by atoms with Crippen molar-refractivity contribution in [2.24, 2.45) is 0 Å². The smallest absolute Gasteiger partial charge is 0.180 e. The van der Waals surface area contributed by atoms with Crippen LogP contribution in [-0.4, -0.2) is 10.8 Å². The Morgan fingerprint density at radius 2 is 2.29 bits per heavy atom. The molecule has 0 saturated carbocycles. The molecule has 0 aliphatic carbocycles. The van der Waals surface area contributed by atoms with Crippen LogP contribution in [0.2, 0.25) is 0 Å². The Kier molecular flexibility index (Phi) is 3.19. The third-order valence-electron chi connectivity index (χ3n) is 2.33. The van der Waals surface area contributed by atoms with Gasteiger partial charge in [0.25, 0.3) is 0 Å². The fourth-order valence-corrected chi connectivity index (χ4v) is 2.08. The van der Waals surface area contributed by atoms with Gasteiger partial charge in [0.05, 0.1) is 17.7 Å². The van der Waals surface area contributed by atoms with Crippen LogP contribution in [-0.2, 0) is 6.42 Å². The van der Waals surface area contributed by atoms with Gasteiger partial charge in [-0.1, -0.05) is 11.6 Å². The number of thiazole rings is 1. The Bertz CT molecular complexity index is 565. The van der Waals surface area contributed by atoms with Crippen LogP contribution in [0.25, 0.3) is 0 Å². The standard InChI is InChI=1S/C12H11FN2OS/c1-7-2-3-10(13)9(4-7)11(16)5-8-6-17-12(14)15-8/h2-4,6H,5H2,1H3,(H2,14,15). The predicted octanol–water partition coefficient (Wildman–Crippen LogP) is 2.60. The number of hydrogen-bond donors (Lipinski definition) is 1. The number of halogens is 1. The van der Waals surface area contributed by atoms with Crippen LogP contribution in [0, 0.1) is 12.7 Å². The van der Waals surface area contributed by atoms with Crippen molar-refractivity contribution in [2.45, 2.75) is 13.3 Å². The van der Waals surface area contributed by atoms with Crippen LogP contribution in [0.4, 0.5) is 9.52 Å². The molecule has 0 amide bonds. The molecule has 88 valence electrons. The summed E-state index contributed by atoms with van der Waals surface area (Å²) >= 11 is 1.27. The van der Waals surface area contributed by atoms with Crippen LogP contribution in [0.5, 0.6) is 0 Å². The lowest BCUT2D eigenvalue weighted by molar-refractivity contribution is 0.0988. The molecule has 0 saturated heterocycles. The number of carbonyl (C=O) groups is 1. The first-order valence-electron chi connectivity index (χ1n) is 5.05. The summed E-state index contributed by atoms with van der Waals surface area (Å²) < 4.78 is 13.5. The maximum atomic E-state index is 13.5.